The number of benzene rings is 2. The molecule has 2 aromatic rings. The third-order valence-electron chi connectivity index (χ3n) is 1.80. The molecule has 2 rings (SSSR count). The van der Waals surface area contributed by atoms with Crippen molar-refractivity contribution in [2.24, 2.45) is 0 Å². The second-order valence-electron chi connectivity index (χ2n) is 3.05. The summed E-state index contributed by atoms with van der Waals surface area (Å²) in [5, 5.41) is 1.00. The first-order chi connectivity index (χ1) is 7.61. The second-order valence-corrected chi connectivity index (χ2v) is 3.86. The van der Waals surface area contributed by atoms with Crippen molar-refractivity contribution in [3.63, 3.8) is 0 Å². The van der Waals surface area contributed by atoms with Crippen LogP contribution in [0.15, 0.2) is 48.5 Å². The van der Waals surface area contributed by atoms with Crippen LogP contribution in [-0.2, 0) is 0 Å². The molecule has 0 saturated heterocycles. The van der Waals surface area contributed by atoms with Gasteiger partial charge in [0, 0.05) is 5.69 Å². The first-order valence-electron chi connectivity index (χ1n) is 4.61. The summed E-state index contributed by atoms with van der Waals surface area (Å²) in [5.41, 5.74) is 12.0. The van der Waals surface area contributed by atoms with Crippen LogP contribution >= 0.6 is 23.2 Å². The van der Waals surface area contributed by atoms with Crippen LogP contribution in [0.1, 0.15) is 0 Å². The summed E-state index contributed by atoms with van der Waals surface area (Å²) in [6.45, 7) is 0. The van der Waals surface area contributed by atoms with Crippen LogP contribution in [0.25, 0.3) is 0 Å². The molecule has 2 nitrogen and oxygen atoms in total. The van der Waals surface area contributed by atoms with Gasteiger partial charge in [-0.15, -0.1) is 0 Å². The van der Waals surface area contributed by atoms with Gasteiger partial charge >= 0.3 is 0 Å². The Labute approximate surface area is 105 Å². The maximum atomic E-state index is 5.60. The van der Waals surface area contributed by atoms with Gasteiger partial charge in [-0.05, 0) is 24.3 Å². The largest absolute Gasteiger partial charge is 0.399 e. The van der Waals surface area contributed by atoms with E-state index in [2.05, 4.69) is 0 Å². The highest BCUT2D eigenvalue weighted by atomic mass is 35.5. The molecule has 0 aromatic heterocycles. The Balaban J connectivity index is 0.000000165. The second kappa shape index (κ2) is 6.26. The molecule has 84 valence electrons. The van der Waals surface area contributed by atoms with Crippen molar-refractivity contribution >= 4 is 34.6 Å². The van der Waals surface area contributed by atoms with Crippen molar-refractivity contribution < 1.29 is 0 Å². The first-order valence-corrected chi connectivity index (χ1v) is 5.37. The van der Waals surface area contributed by atoms with Gasteiger partial charge in [-0.25, -0.2) is 0 Å². The number of nitrogen functional groups attached to an aromatic ring is 2. The van der Waals surface area contributed by atoms with Crippen molar-refractivity contribution in [3.8, 4) is 0 Å². The van der Waals surface area contributed by atoms with Crippen LogP contribution in [0.5, 0.6) is 0 Å². The van der Waals surface area contributed by atoms with Gasteiger partial charge in [-0.3, -0.25) is 0 Å². The van der Waals surface area contributed by atoms with Gasteiger partial charge in [0.1, 0.15) is 0 Å². The fraction of sp³-hybridized carbons (Fsp3) is 0. The molecule has 0 amide bonds. The normalized spacial score (nSPS) is 9.12. The maximum Gasteiger partial charge on any atom is 0.0692 e. The third kappa shape index (κ3) is 4.01. The molecule has 0 unspecified atom stereocenters. The van der Waals surface area contributed by atoms with Gasteiger partial charge in [0.05, 0.1) is 15.7 Å². The molecular weight excluding hydrogens is 243 g/mol. The van der Waals surface area contributed by atoms with E-state index < -0.39 is 0 Å². The van der Waals surface area contributed by atoms with Gasteiger partial charge in [-0.1, -0.05) is 47.5 Å². The highest BCUT2D eigenvalue weighted by molar-refractivity contribution is 6.38. The average molecular weight is 255 g/mol. The van der Waals surface area contributed by atoms with E-state index in [1.54, 1.807) is 18.2 Å². The van der Waals surface area contributed by atoms with E-state index in [0.29, 0.717) is 15.7 Å². The Morgan fingerprint density at radius 3 is 1.50 bits per heavy atom. The summed E-state index contributed by atoms with van der Waals surface area (Å²) < 4.78 is 0. The highest BCUT2D eigenvalue weighted by Gasteiger charge is 1.97. The van der Waals surface area contributed by atoms with E-state index in [9.17, 15) is 0 Å². The van der Waals surface area contributed by atoms with Crippen LogP contribution in [0, 0.1) is 0 Å². The Bertz CT molecular complexity index is 424. The highest BCUT2D eigenvalue weighted by Crippen LogP contribution is 2.25. The smallest absolute Gasteiger partial charge is 0.0692 e. The summed E-state index contributed by atoms with van der Waals surface area (Å²) in [6.07, 6.45) is 0. The number of nitrogens with two attached hydrogens (primary N) is 2. The SMILES string of the molecule is Nc1c(Cl)cccc1Cl.Nc1ccccc1. The molecule has 2 aromatic carbocycles. The minimum absolute atomic E-state index is 0.445. The quantitative estimate of drug-likeness (QED) is 0.702. The molecule has 0 fully saturated rings. The third-order valence-corrected chi connectivity index (χ3v) is 2.46. The molecule has 0 atom stereocenters. The minimum Gasteiger partial charge on any atom is -0.399 e. The molecule has 0 heterocycles. The summed E-state index contributed by atoms with van der Waals surface area (Å²) >= 11 is 11.2. The monoisotopic (exact) mass is 254 g/mol. The number of hydrogen-bond acceptors (Lipinski definition) is 2. The molecule has 0 aliphatic carbocycles. The summed E-state index contributed by atoms with van der Waals surface area (Å²) in [6, 6.07) is 14.6. The first kappa shape index (κ1) is 12.7. The van der Waals surface area contributed by atoms with Crippen molar-refractivity contribution in [3.05, 3.63) is 58.6 Å². The van der Waals surface area contributed by atoms with E-state index in [-0.39, 0.29) is 0 Å². The van der Waals surface area contributed by atoms with Crippen molar-refractivity contribution in [2.75, 3.05) is 11.5 Å². The molecular formula is C12H12Cl2N2. The lowest BCUT2D eigenvalue weighted by molar-refractivity contribution is 1.68. The number of rotatable bonds is 0. The zero-order valence-corrected chi connectivity index (χ0v) is 10.0. The number of para-hydroxylation sites is 2. The maximum absolute atomic E-state index is 5.60. The van der Waals surface area contributed by atoms with Crippen LogP contribution in [0.3, 0.4) is 0 Å². The Morgan fingerprint density at radius 1 is 0.688 bits per heavy atom. The lowest BCUT2D eigenvalue weighted by atomic mass is 10.3. The molecule has 0 aliphatic rings. The zero-order chi connectivity index (χ0) is 12.0. The molecule has 0 spiro atoms. The Hall–Kier alpha value is -1.38. The molecule has 0 saturated carbocycles. The molecule has 4 heteroatoms. The molecule has 16 heavy (non-hydrogen) atoms. The van der Waals surface area contributed by atoms with Crippen LogP contribution in [0.2, 0.25) is 10.0 Å². The molecule has 0 radical (unpaired) electrons. The summed E-state index contributed by atoms with van der Waals surface area (Å²) in [5.74, 6) is 0. The zero-order valence-electron chi connectivity index (χ0n) is 8.53. The fourth-order valence-electron chi connectivity index (χ4n) is 0.964. The standard InChI is InChI=1S/C6H5Cl2N.C6H7N/c7-4-2-1-3-5(8)6(4)9;7-6-4-2-1-3-5-6/h1-3H,9H2;1-5H,7H2. The van der Waals surface area contributed by atoms with Crippen LogP contribution < -0.4 is 11.5 Å². The van der Waals surface area contributed by atoms with Crippen molar-refractivity contribution in [1.29, 1.82) is 0 Å². The lowest BCUT2D eigenvalue weighted by Crippen LogP contribution is -1.85. The van der Waals surface area contributed by atoms with Crippen LogP contribution in [0.4, 0.5) is 11.4 Å². The summed E-state index contributed by atoms with van der Waals surface area (Å²) in [4.78, 5) is 0. The number of anilines is 2. The number of hydrogen-bond donors (Lipinski definition) is 2. The predicted octanol–water partition coefficient (Wildman–Crippen LogP) is 3.84. The van der Waals surface area contributed by atoms with Gasteiger partial charge in [0.25, 0.3) is 0 Å². The average Bonchev–Trinajstić information content (AvgIpc) is 2.28. The fourth-order valence-corrected chi connectivity index (χ4v) is 1.36. The van der Waals surface area contributed by atoms with Gasteiger partial charge in [0.2, 0.25) is 0 Å². The van der Waals surface area contributed by atoms with Gasteiger partial charge < -0.3 is 11.5 Å². The predicted molar refractivity (Wildman–Crippen MR) is 71.7 cm³/mol. The van der Waals surface area contributed by atoms with E-state index >= 15 is 0 Å². The Kier molecular flexibility index (Phi) is 4.96. The molecule has 0 bridgehead atoms. The van der Waals surface area contributed by atoms with E-state index in [0.717, 1.165) is 5.69 Å². The van der Waals surface area contributed by atoms with Gasteiger partial charge in [-0.2, -0.15) is 0 Å². The van der Waals surface area contributed by atoms with E-state index in [4.69, 9.17) is 34.7 Å². The van der Waals surface area contributed by atoms with E-state index in [1.807, 2.05) is 30.3 Å². The summed E-state index contributed by atoms with van der Waals surface area (Å²) in [7, 11) is 0. The van der Waals surface area contributed by atoms with Gasteiger partial charge in [0.15, 0.2) is 0 Å². The minimum atomic E-state index is 0.445. The van der Waals surface area contributed by atoms with E-state index in [1.165, 1.54) is 0 Å². The topological polar surface area (TPSA) is 52.0 Å². The molecule has 4 N–H and O–H groups in total. The van der Waals surface area contributed by atoms with Crippen molar-refractivity contribution in [1.82, 2.24) is 0 Å². The van der Waals surface area contributed by atoms with Crippen molar-refractivity contribution in [2.45, 2.75) is 0 Å². The lowest BCUT2D eigenvalue weighted by Gasteiger charge is -1.96. The molecule has 0 aliphatic heterocycles. The Morgan fingerprint density at radius 2 is 1.19 bits per heavy atom. The number of halogens is 2. The van der Waals surface area contributed by atoms with Crippen LogP contribution in [-0.4, -0.2) is 0 Å².